The van der Waals surface area contributed by atoms with E-state index in [4.69, 9.17) is 0 Å². The van der Waals surface area contributed by atoms with Crippen LogP contribution >= 0.6 is 11.8 Å². The van der Waals surface area contributed by atoms with Crippen LogP contribution in [0.5, 0.6) is 0 Å². The average Bonchev–Trinajstić information content (AvgIpc) is 2.36. The van der Waals surface area contributed by atoms with E-state index in [0.29, 0.717) is 6.54 Å². The highest BCUT2D eigenvalue weighted by molar-refractivity contribution is 8.00. The summed E-state index contributed by atoms with van der Waals surface area (Å²) in [5.41, 5.74) is 0. The van der Waals surface area contributed by atoms with Crippen molar-refractivity contribution in [2.24, 2.45) is 0 Å². The Hall–Kier alpha value is -0.220. The minimum absolute atomic E-state index is 0.112. The maximum atomic E-state index is 11.5. The van der Waals surface area contributed by atoms with Gasteiger partial charge in [-0.05, 0) is 25.5 Å². The number of nitrogens with one attached hydrogen (secondary N) is 2. The second-order valence-electron chi connectivity index (χ2n) is 4.40. The summed E-state index contributed by atoms with van der Waals surface area (Å²) in [5, 5.41) is 6.19. The number of carbonyl (C=O) groups is 1. The second-order valence-corrected chi connectivity index (χ2v) is 5.68. The molecule has 0 atom stereocenters. The molecule has 0 radical (unpaired) electrons. The first kappa shape index (κ1) is 16.8. The fraction of sp³-hybridized carbons (Fsp3) is 0.923. The normalized spacial score (nSPS) is 11.5. The summed E-state index contributed by atoms with van der Waals surface area (Å²) in [5.74, 6) is 0.112. The summed E-state index contributed by atoms with van der Waals surface area (Å²) in [6, 6.07) is 0. The van der Waals surface area contributed by atoms with Gasteiger partial charge >= 0.3 is 0 Å². The zero-order chi connectivity index (χ0) is 13.1. The van der Waals surface area contributed by atoms with Gasteiger partial charge in [0.05, 0.1) is 6.54 Å². The lowest BCUT2D eigenvalue weighted by Crippen LogP contribution is -2.41. The number of amides is 1. The number of carbonyl (C=O) groups excluding carboxylic acids is 1. The molecular weight excluding hydrogens is 232 g/mol. The third-order valence-corrected chi connectivity index (χ3v) is 4.89. The smallest absolute Gasteiger partial charge is 0.233 e. The predicted molar refractivity (Wildman–Crippen MR) is 77.6 cm³/mol. The van der Waals surface area contributed by atoms with Crippen LogP contribution in [0.3, 0.4) is 0 Å². The highest BCUT2D eigenvalue weighted by Crippen LogP contribution is 2.29. The zero-order valence-electron chi connectivity index (χ0n) is 11.8. The van der Waals surface area contributed by atoms with Crippen molar-refractivity contribution in [2.75, 3.05) is 25.9 Å². The highest BCUT2D eigenvalue weighted by Gasteiger charge is 2.24. The lowest BCUT2D eigenvalue weighted by Gasteiger charge is -2.29. The van der Waals surface area contributed by atoms with Gasteiger partial charge in [-0.3, -0.25) is 4.79 Å². The SMILES string of the molecule is CCCCNC(=O)CNCC(CC)(CC)SC. The van der Waals surface area contributed by atoms with Crippen LogP contribution in [0.15, 0.2) is 0 Å². The van der Waals surface area contributed by atoms with Crippen LogP contribution in [0.1, 0.15) is 46.5 Å². The molecule has 0 spiro atoms. The summed E-state index contributed by atoms with van der Waals surface area (Å²) in [7, 11) is 0. The Labute approximate surface area is 111 Å². The fourth-order valence-corrected chi connectivity index (χ4v) is 2.56. The standard InChI is InChI=1S/C13H28N2OS/c1-5-8-9-15-12(16)10-14-11-13(6-2,7-3)17-4/h14H,5-11H2,1-4H3,(H,15,16). The van der Waals surface area contributed by atoms with E-state index in [-0.39, 0.29) is 10.7 Å². The molecule has 0 unspecified atom stereocenters. The van der Waals surface area contributed by atoms with Crippen LogP contribution in [-0.4, -0.2) is 36.5 Å². The molecule has 0 heterocycles. The fourth-order valence-electron chi connectivity index (χ4n) is 1.73. The minimum Gasteiger partial charge on any atom is -0.355 e. The number of hydrogen-bond donors (Lipinski definition) is 2. The molecule has 0 aliphatic rings. The molecular formula is C13H28N2OS. The van der Waals surface area contributed by atoms with E-state index in [1.165, 1.54) is 0 Å². The van der Waals surface area contributed by atoms with Gasteiger partial charge in [0, 0.05) is 17.8 Å². The molecule has 0 aromatic heterocycles. The summed E-state index contributed by atoms with van der Waals surface area (Å²) in [6.45, 7) is 8.69. The van der Waals surface area contributed by atoms with Gasteiger partial charge in [0.15, 0.2) is 0 Å². The van der Waals surface area contributed by atoms with E-state index in [9.17, 15) is 4.79 Å². The summed E-state index contributed by atoms with van der Waals surface area (Å²) in [6.07, 6.45) is 6.60. The van der Waals surface area contributed by atoms with Crippen molar-refractivity contribution in [2.45, 2.75) is 51.2 Å². The second kappa shape index (κ2) is 9.77. The van der Waals surface area contributed by atoms with E-state index in [0.717, 1.165) is 38.8 Å². The maximum absolute atomic E-state index is 11.5. The van der Waals surface area contributed by atoms with Crippen LogP contribution in [0, 0.1) is 0 Å². The van der Waals surface area contributed by atoms with Gasteiger partial charge in [-0.15, -0.1) is 0 Å². The van der Waals surface area contributed by atoms with Crippen LogP contribution < -0.4 is 10.6 Å². The maximum Gasteiger partial charge on any atom is 0.233 e. The quantitative estimate of drug-likeness (QED) is 0.593. The summed E-state index contributed by atoms with van der Waals surface area (Å²) >= 11 is 1.90. The summed E-state index contributed by atoms with van der Waals surface area (Å²) in [4.78, 5) is 11.5. The molecule has 4 heteroatoms. The monoisotopic (exact) mass is 260 g/mol. The lowest BCUT2D eigenvalue weighted by molar-refractivity contribution is -0.120. The number of unbranched alkanes of at least 4 members (excludes halogenated alkanes) is 1. The largest absolute Gasteiger partial charge is 0.355 e. The predicted octanol–water partition coefficient (Wildman–Crippen LogP) is 2.41. The van der Waals surface area contributed by atoms with Crippen molar-refractivity contribution in [3.05, 3.63) is 0 Å². The van der Waals surface area contributed by atoms with Crippen molar-refractivity contribution in [1.29, 1.82) is 0 Å². The Kier molecular flexibility index (Phi) is 9.65. The molecule has 2 N–H and O–H groups in total. The molecule has 0 fully saturated rings. The lowest BCUT2D eigenvalue weighted by atomic mass is 10.0. The van der Waals surface area contributed by atoms with Crippen LogP contribution in [0.2, 0.25) is 0 Å². The molecule has 0 rings (SSSR count). The Bertz CT molecular complexity index is 197. The minimum atomic E-state index is 0.112. The topological polar surface area (TPSA) is 41.1 Å². The van der Waals surface area contributed by atoms with E-state index >= 15 is 0 Å². The van der Waals surface area contributed by atoms with E-state index in [1.807, 2.05) is 11.8 Å². The highest BCUT2D eigenvalue weighted by atomic mass is 32.2. The third-order valence-electron chi connectivity index (χ3n) is 3.31. The van der Waals surface area contributed by atoms with Gasteiger partial charge in [0.25, 0.3) is 0 Å². The first-order valence-corrected chi connectivity index (χ1v) is 7.89. The first-order chi connectivity index (χ1) is 8.14. The summed E-state index contributed by atoms with van der Waals surface area (Å²) < 4.78 is 0.281. The molecule has 3 nitrogen and oxygen atoms in total. The number of rotatable bonds is 10. The van der Waals surface area contributed by atoms with Crippen molar-refractivity contribution in [3.63, 3.8) is 0 Å². The van der Waals surface area contributed by atoms with Gasteiger partial charge in [0.1, 0.15) is 0 Å². The molecule has 0 aliphatic heterocycles. The zero-order valence-corrected chi connectivity index (χ0v) is 12.6. The Morgan fingerprint density at radius 3 is 2.35 bits per heavy atom. The third kappa shape index (κ3) is 6.94. The Morgan fingerprint density at radius 2 is 1.88 bits per heavy atom. The molecule has 0 saturated carbocycles. The molecule has 1 amide bonds. The molecule has 0 aromatic carbocycles. The van der Waals surface area contributed by atoms with E-state index < -0.39 is 0 Å². The van der Waals surface area contributed by atoms with E-state index in [2.05, 4.69) is 37.7 Å². The van der Waals surface area contributed by atoms with Gasteiger partial charge in [-0.1, -0.05) is 27.2 Å². The van der Waals surface area contributed by atoms with Crippen molar-refractivity contribution >= 4 is 17.7 Å². The van der Waals surface area contributed by atoms with Gasteiger partial charge in [-0.25, -0.2) is 0 Å². The first-order valence-electron chi connectivity index (χ1n) is 6.66. The van der Waals surface area contributed by atoms with Crippen molar-refractivity contribution < 1.29 is 4.79 Å². The van der Waals surface area contributed by atoms with Crippen LogP contribution in [0.25, 0.3) is 0 Å². The Balaban J connectivity index is 3.77. The molecule has 0 aliphatic carbocycles. The molecule has 17 heavy (non-hydrogen) atoms. The van der Waals surface area contributed by atoms with Crippen molar-refractivity contribution in [3.8, 4) is 0 Å². The molecule has 102 valence electrons. The molecule has 0 saturated heterocycles. The van der Waals surface area contributed by atoms with Gasteiger partial charge in [0.2, 0.25) is 5.91 Å². The number of thioether (sulfide) groups is 1. The van der Waals surface area contributed by atoms with Crippen LogP contribution in [0.4, 0.5) is 0 Å². The van der Waals surface area contributed by atoms with Crippen molar-refractivity contribution in [1.82, 2.24) is 10.6 Å². The molecule has 0 bridgehead atoms. The van der Waals surface area contributed by atoms with Gasteiger partial charge < -0.3 is 10.6 Å². The van der Waals surface area contributed by atoms with E-state index in [1.54, 1.807) is 0 Å². The molecule has 0 aromatic rings. The van der Waals surface area contributed by atoms with Crippen LogP contribution in [-0.2, 0) is 4.79 Å². The number of hydrogen-bond acceptors (Lipinski definition) is 3. The Morgan fingerprint density at radius 1 is 1.24 bits per heavy atom. The van der Waals surface area contributed by atoms with Gasteiger partial charge in [-0.2, -0.15) is 11.8 Å². The average molecular weight is 260 g/mol.